The molecule has 0 fully saturated rings. The van der Waals surface area contributed by atoms with E-state index in [2.05, 4.69) is 6.58 Å². The lowest BCUT2D eigenvalue weighted by molar-refractivity contribution is -0.384. The number of hydrogen-bond donors (Lipinski definition) is 0. The second-order valence-corrected chi connectivity index (χ2v) is 3.93. The second-order valence-electron chi connectivity index (χ2n) is 3.52. The number of nitrogens with zero attached hydrogens (tertiary/aromatic N) is 2. The lowest BCUT2D eigenvalue weighted by atomic mass is 10.1. The summed E-state index contributed by atoms with van der Waals surface area (Å²) in [6.45, 7) is 3.34. The van der Waals surface area contributed by atoms with E-state index in [0.717, 1.165) is 0 Å². The first-order valence-electron chi connectivity index (χ1n) is 5.33. The van der Waals surface area contributed by atoms with Crippen molar-refractivity contribution in [1.29, 1.82) is 5.26 Å². The Kier molecular flexibility index (Phi) is 5.44. The topological polar surface area (TPSA) is 93.2 Å². The Morgan fingerprint density at radius 2 is 2.30 bits per heavy atom. The molecule has 0 unspecified atom stereocenters. The highest BCUT2D eigenvalue weighted by atomic mass is 35.5. The van der Waals surface area contributed by atoms with Gasteiger partial charge in [-0.2, -0.15) is 5.26 Å². The molecule has 0 heterocycles. The summed E-state index contributed by atoms with van der Waals surface area (Å²) < 4.78 is 4.71. The standard InChI is InChI=1S/C13H9ClN2O4/c1-2-5-20-13(17)10(8-15)6-9-3-4-11(14)12(7-9)16(18)19/h2-4,6-7H,1,5H2/b10-6+. The molecule has 20 heavy (non-hydrogen) atoms. The lowest BCUT2D eigenvalue weighted by Gasteiger charge is -2.01. The SMILES string of the molecule is C=CCOC(=O)/C(C#N)=C/c1ccc(Cl)c([N+](=O)[O-])c1. The number of nitro benzene ring substituents is 1. The largest absolute Gasteiger partial charge is 0.457 e. The van der Waals surface area contributed by atoms with Gasteiger partial charge in [-0.3, -0.25) is 10.1 Å². The maximum absolute atomic E-state index is 11.5. The van der Waals surface area contributed by atoms with Crippen LogP contribution in [0.15, 0.2) is 36.4 Å². The Hall–Kier alpha value is -2.65. The van der Waals surface area contributed by atoms with Crippen LogP contribution in [0.2, 0.25) is 5.02 Å². The third-order valence-corrected chi connectivity index (χ3v) is 2.47. The molecule has 0 spiro atoms. The highest BCUT2D eigenvalue weighted by Crippen LogP contribution is 2.26. The van der Waals surface area contributed by atoms with E-state index >= 15 is 0 Å². The predicted octanol–water partition coefficient (Wildman–Crippen LogP) is 2.88. The van der Waals surface area contributed by atoms with Crippen LogP contribution >= 0.6 is 11.6 Å². The van der Waals surface area contributed by atoms with Crippen molar-refractivity contribution in [2.75, 3.05) is 6.61 Å². The van der Waals surface area contributed by atoms with Gasteiger partial charge in [0.05, 0.1) is 4.92 Å². The first-order chi connectivity index (χ1) is 9.49. The molecule has 102 valence electrons. The maximum Gasteiger partial charge on any atom is 0.349 e. The van der Waals surface area contributed by atoms with Crippen LogP contribution in [0.25, 0.3) is 6.08 Å². The van der Waals surface area contributed by atoms with E-state index in [-0.39, 0.29) is 22.9 Å². The molecule has 6 nitrogen and oxygen atoms in total. The number of ether oxygens (including phenoxy) is 1. The van der Waals surface area contributed by atoms with E-state index in [0.29, 0.717) is 5.56 Å². The summed E-state index contributed by atoms with van der Waals surface area (Å²) in [6.07, 6.45) is 2.55. The van der Waals surface area contributed by atoms with E-state index in [4.69, 9.17) is 21.6 Å². The van der Waals surface area contributed by atoms with Gasteiger partial charge in [-0.15, -0.1) is 0 Å². The number of benzene rings is 1. The molecule has 0 radical (unpaired) electrons. The first kappa shape index (κ1) is 15.4. The number of halogens is 1. The van der Waals surface area contributed by atoms with Crippen molar-refractivity contribution in [3.63, 3.8) is 0 Å². The van der Waals surface area contributed by atoms with Crippen LogP contribution in [0.5, 0.6) is 0 Å². The molecule has 0 aliphatic carbocycles. The Morgan fingerprint density at radius 1 is 1.60 bits per heavy atom. The molecule has 0 saturated carbocycles. The van der Waals surface area contributed by atoms with Gasteiger partial charge in [-0.1, -0.05) is 30.3 Å². The minimum Gasteiger partial charge on any atom is -0.457 e. The van der Waals surface area contributed by atoms with E-state index in [1.54, 1.807) is 6.07 Å². The minimum atomic E-state index is -0.829. The molecule has 1 aromatic rings. The van der Waals surface area contributed by atoms with Gasteiger partial charge in [0.25, 0.3) is 5.69 Å². The molecule has 1 rings (SSSR count). The van der Waals surface area contributed by atoms with Gasteiger partial charge in [-0.05, 0) is 17.7 Å². The van der Waals surface area contributed by atoms with Crippen LogP contribution in [0.3, 0.4) is 0 Å². The number of carbonyl (C=O) groups is 1. The minimum absolute atomic E-state index is 0.0279. The smallest absolute Gasteiger partial charge is 0.349 e. The molecule has 0 atom stereocenters. The number of hydrogen-bond acceptors (Lipinski definition) is 5. The van der Waals surface area contributed by atoms with Crippen LogP contribution in [0.4, 0.5) is 5.69 Å². The van der Waals surface area contributed by atoms with E-state index in [1.165, 1.54) is 30.4 Å². The van der Waals surface area contributed by atoms with Crippen molar-refractivity contribution in [2.24, 2.45) is 0 Å². The fourth-order valence-corrected chi connectivity index (χ4v) is 1.46. The van der Waals surface area contributed by atoms with Crippen molar-refractivity contribution in [3.05, 3.63) is 57.1 Å². The van der Waals surface area contributed by atoms with Crippen molar-refractivity contribution in [1.82, 2.24) is 0 Å². The molecule has 0 aliphatic heterocycles. The monoisotopic (exact) mass is 292 g/mol. The predicted molar refractivity (Wildman–Crippen MR) is 72.9 cm³/mol. The number of nitriles is 1. The van der Waals surface area contributed by atoms with Crippen LogP contribution in [-0.4, -0.2) is 17.5 Å². The fourth-order valence-electron chi connectivity index (χ4n) is 1.28. The van der Waals surface area contributed by atoms with Gasteiger partial charge < -0.3 is 4.74 Å². The maximum atomic E-state index is 11.5. The zero-order valence-electron chi connectivity index (χ0n) is 10.2. The Bertz CT molecular complexity index is 632. The Labute approximate surface area is 119 Å². The summed E-state index contributed by atoms with van der Waals surface area (Å²) in [7, 11) is 0. The summed E-state index contributed by atoms with van der Waals surface area (Å²) in [4.78, 5) is 21.6. The summed E-state index contributed by atoms with van der Waals surface area (Å²) in [6, 6.07) is 5.61. The van der Waals surface area contributed by atoms with Crippen LogP contribution in [-0.2, 0) is 9.53 Å². The number of esters is 1. The number of carbonyl (C=O) groups excluding carboxylic acids is 1. The molecular weight excluding hydrogens is 284 g/mol. The third-order valence-electron chi connectivity index (χ3n) is 2.15. The normalized spacial score (nSPS) is 10.5. The van der Waals surface area contributed by atoms with Gasteiger partial charge in [0, 0.05) is 6.07 Å². The average molecular weight is 293 g/mol. The highest BCUT2D eigenvalue weighted by molar-refractivity contribution is 6.32. The van der Waals surface area contributed by atoms with Crippen molar-refractivity contribution < 1.29 is 14.5 Å². The van der Waals surface area contributed by atoms with Crippen molar-refractivity contribution in [3.8, 4) is 6.07 Å². The van der Waals surface area contributed by atoms with E-state index in [1.807, 2.05) is 0 Å². The molecule has 0 amide bonds. The van der Waals surface area contributed by atoms with Crippen molar-refractivity contribution >= 4 is 29.3 Å². The molecular formula is C13H9ClN2O4. The molecule has 0 bridgehead atoms. The quantitative estimate of drug-likeness (QED) is 0.208. The number of rotatable bonds is 5. The van der Waals surface area contributed by atoms with Crippen LogP contribution in [0.1, 0.15) is 5.56 Å². The van der Waals surface area contributed by atoms with Gasteiger partial charge >= 0.3 is 5.97 Å². The zero-order valence-corrected chi connectivity index (χ0v) is 11.0. The van der Waals surface area contributed by atoms with Gasteiger partial charge in [-0.25, -0.2) is 4.79 Å². The number of nitro groups is 1. The molecule has 7 heteroatoms. The van der Waals surface area contributed by atoms with Gasteiger partial charge in [0.15, 0.2) is 0 Å². The lowest BCUT2D eigenvalue weighted by Crippen LogP contribution is -2.06. The summed E-state index contributed by atoms with van der Waals surface area (Å²) >= 11 is 5.66. The van der Waals surface area contributed by atoms with Crippen LogP contribution in [0, 0.1) is 21.4 Å². The van der Waals surface area contributed by atoms with Crippen LogP contribution < -0.4 is 0 Å². The molecule has 0 aliphatic rings. The molecule has 0 saturated heterocycles. The molecule has 1 aromatic carbocycles. The first-order valence-corrected chi connectivity index (χ1v) is 5.71. The molecule has 0 aromatic heterocycles. The van der Waals surface area contributed by atoms with E-state index < -0.39 is 10.9 Å². The van der Waals surface area contributed by atoms with Gasteiger partial charge in [0.1, 0.15) is 23.3 Å². The Balaban J connectivity index is 3.11. The second kappa shape index (κ2) is 7.07. The highest BCUT2D eigenvalue weighted by Gasteiger charge is 2.14. The third kappa shape index (κ3) is 3.93. The summed E-state index contributed by atoms with van der Waals surface area (Å²) in [5, 5.41) is 19.6. The van der Waals surface area contributed by atoms with Crippen molar-refractivity contribution in [2.45, 2.75) is 0 Å². The zero-order chi connectivity index (χ0) is 15.1. The molecule has 0 N–H and O–H groups in total. The summed E-state index contributed by atoms with van der Waals surface area (Å²) in [5.74, 6) is -0.829. The van der Waals surface area contributed by atoms with Gasteiger partial charge in [0.2, 0.25) is 0 Å². The van der Waals surface area contributed by atoms with E-state index in [9.17, 15) is 14.9 Å². The Morgan fingerprint density at radius 3 is 2.85 bits per heavy atom. The average Bonchev–Trinajstić information content (AvgIpc) is 2.43. The summed E-state index contributed by atoms with van der Waals surface area (Å²) in [5.41, 5.74) is -0.283. The fraction of sp³-hybridized carbons (Fsp3) is 0.0769.